The van der Waals surface area contributed by atoms with Crippen LogP contribution in [0.3, 0.4) is 0 Å². The lowest BCUT2D eigenvalue weighted by Crippen LogP contribution is -2.28. The molecule has 0 saturated carbocycles. The number of carbonyl (C=O) groups excluding carboxylic acids is 1. The minimum Gasteiger partial charge on any atom is -0.493 e. The van der Waals surface area contributed by atoms with Crippen molar-refractivity contribution >= 4 is 22.7 Å². The Morgan fingerprint density at radius 3 is 2.44 bits per heavy atom. The Balaban J connectivity index is 2.26. The molecule has 7 heteroatoms. The molecular formula is C20H20N2O5. The number of ether oxygens (including phenoxy) is 1. The van der Waals surface area contributed by atoms with Crippen LogP contribution in [-0.4, -0.2) is 33.5 Å². The number of nitrogens with zero attached hydrogens (tertiary/aromatic N) is 1. The summed E-state index contributed by atoms with van der Waals surface area (Å²) in [6.07, 6.45) is 0.517. The summed E-state index contributed by atoms with van der Waals surface area (Å²) in [6.45, 7) is 3.56. The highest BCUT2D eigenvalue weighted by atomic mass is 16.5. The van der Waals surface area contributed by atoms with Crippen LogP contribution in [0.5, 0.6) is 5.75 Å². The van der Waals surface area contributed by atoms with Crippen molar-refractivity contribution in [1.82, 2.24) is 9.55 Å². The molecule has 2 aromatic heterocycles. The van der Waals surface area contributed by atoms with E-state index in [0.717, 1.165) is 5.56 Å². The third-order valence-electron chi connectivity index (χ3n) is 4.70. The van der Waals surface area contributed by atoms with Crippen molar-refractivity contribution in [3.05, 3.63) is 63.2 Å². The molecule has 0 aliphatic carbocycles. The maximum absolute atomic E-state index is 13.2. The number of hydrogen-bond acceptors (Lipinski definition) is 4. The van der Waals surface area contributed by atoms with Crippen LogP contribution in [0.4, 0.5) is 0 Å². The van der Waals surface area contributed by atoms with Crippen molar-refractivity contribution < 1.29 is 19.4 Å². The number of fused-ring (bicyclic) bond motifs is 1. The van der Waals surface area contributed by atoms with Gasteiger partial charge in [0, 0.05) is 11.3 Å². The highest BCUT2D eigenvalue weighted by Gasteiger charge is 2.25. The van der Waals surface area contributed by atoms with E-state index in [9.17, 15) is 19.5 Å². The Bertz CT molecular complexity index is 1090. The number of carbonyl (C=O) groups is 2. The van der Waals surface area contributed by atoms with Crippen LogP contribution in [-0.2, 0) is 13.0 Å². The molecule has 0 spiro atoms. The van der Waals surface area contributed by atoms with E-state index in [-0.39, 0.29) is 29.2 Å². The summed E-state index contributed by atoms with van der Waals surface area (Å²) in [7, 11) is 1.32. The van der Waals surface area contributed by atoms with Crippen LogP contribution in [0.15, 0.2) is 35.1 Å². The zero-order valence-electron chi connectivity index (χ0n) is 15.3. The fraction of sp³-hybridized carbons (Fsp3) is 0.250. The lowest BCUT2D eigenvalue weighted by atomic mass is 10.1. The van der Waals surface area contributed by atoms with Crippen molar-refractivity contribution in [3.8, 4) is 5.75 Å². The number of aromatic nitrogens is 2. The predicted molar refractivity (Wildman–Crippen MR) is 101 cm³/mol. The molecule has 2 heterocycles. The first-order chi connectivity index (χ1) is 12.9. The molecule has 7 nitrogen and oxygen atoms in total. The highest BCUT2D eigenvalue weighted by molar-refractivity contribution is 6.01. The minimum absolute atomic E-state index is 0.0193. The van der Waals surface area contributed by atoms with Gasteiger partial charge in [-0.15, -0.1) is 0 Å². The molecule has 0 atom stereocenters. The SMILES string of the molecule is CCc1c(C)c2[nH]c(C(=O)O)c(OC)c2c(=O)n1CC(=O)c1ccccc1. The summed E-state index contributed by atoms with van der Waals surface area (Å²) in [6, 6.07) is 8.74. The Kier molecular flexibility index (Phi) is 4.85. The molecule has 0 aliphatic rings. The van der Waals surface area contributed by atoms with Gasteiger partial charge in [0.2, 0.25) is 0 Å². The fourth-order valence-corrected chi connectivity index (χ4v) is 3.41. The molecule has 0 amide bonds. The number of aryl methyl sites for hydroxylation is 1. The number of carboxylic acids is 1. The van der Waals surface area contributed by atoms with Crippen LogP contribution in [0.1, 0.15) is 39.0 Å². The van der Waals surface area contributed by atoms with Gasteiger partial charge in [-0.25, -0.2) is 4.79 Å². The first-order valence-electron chi connectivity index (χ1n) is 8.54. The zero-order chi connectivity index (χ0) is 19.7. The summed E-state index contributed by atoms with van der Waals surface area (Å²) in [4.78, 5) is 40.1. The van der Waals surface area contributed by atoms with Crippen molar-refractivity contribution in [3.63, 3.8) is 0 Å². The topological polar surface area (TPSA) is 101 Å². The summed E-state index contributed by atoms with van der Waals surface area (Å²) in [5.74, 6) is -1.43. The number of benzene rings is 1. The maximum atomic E-state index is 13.2. The number of methoxy groups -OCH3 is 1. The number of aromatic carboxylic acids is 1. The Labute approximate surface area is 155 Å². The largest absolute Gasteiger partial charge is 0.493 e. The van der Waals surface area contributed by atoms with E-state index in [4.69, 9.17) is 4.74 Å². The summed E-state index contributed by atoms with van der Waals surface area (Å²) >= 11 is 0. The summed E-state index contributed by atoms with van der Waals surface area (Å²) < 4.78 is 6.62. The average Bonchev–Trinajstić information content (AvgIpc) is 3.07. The molecule has 2 N–H and O–H groups in total. The van der Waals surface area contributed by atoms with Gasteiger partial charge in [-0.05, 0) is 18.9 Å². The normalized spacial score (nSPS) is 10.9. The molecule has 0 radical (unpaired) electrons. The lowest BCUT2D eigenvalue weighted by Gasteiger charge is -2.15. The summed E-state index contributed by atoms with van der Waals surface area (Å²) in [5, 5.41) is 9.54. The Hall–Kier alpha value is -3.35. The summed E-state index contributed by atoms with van der Waals surface area (Å²) in [5.41, 5.74) is 1.71. The first kappa shape index (κ1) is 18.4. The molecule has 140 valence electrons. The number of H-pyrrole nitrogens is 1. The molecule has 27 heavy (non-hydrogen) atoms. The van der Waals surface area contributed by atoms with E-state index in [2.05, 4.69) is 4.98 Å². The van der Waals surface area contributed by atoms with Crippen LogP contribution in [0.2, 0.25) is 0 Å². The van der Waals surface area contributed by atoms with Gasteiger partial charge in [0.25, 0.3) is 5.56 Å². The van der Waals surface area contributed by atoms with E-state index in [1.165, 1.54) is 11.7 Å². The third-order valence-corrected chi connectivity index (χ3v) is 4.70. The van der Waals surface area contributed by atoms with Crippen molar-refractivity contribution in [1.29, 1.82) is 0 Å². The smallest absolute Gasteiger partial charge is 0.356 e. The Morgan fingerprint density at radius 1 is 1.22 bits per heavy atom. The lowest BCUT2D eigenvalue weighted by molar-refractivity contribution is 0.0687. The van der Waals surface area contributed by atoms with Crippen LogP contribution >= 0.6 is 0 Å². The van der Waals surface area contributed by atoms with Crippen LogP contribution < -0.4 is 10.3 Å². The second kappa shape index (κ2) is 7.11. The number of ketones is 1. The van der Waals surface area contributed by atoms with Gasteiger partial charge in [-0.3, -0.25) is 9.59 Å². The predicted octanol–water partition coefficient (Wildman–Crippen LogP) is 2.79. The average molecular weight is 368 g/mol. The maximum Gasteiger partial charge on any atom is 0.356 e. The number of pyridine rings is 1. The number of nitrogens with one attached hydrogen (secondary N) is 1. The van der Waals surface area contributed by atoms with Gasteiger partial charge in [0.15, 0.2) is 17.2 Å². The van der Waals surface area contributed by atoms with E-state index in [0.29, 0.717) is 23.2 Å². The molecule has 3 aromatic rings. The molecule has 0 fully saturated rings. The number of Topliss-reactive ketones (excluding diaryl/α,β-unsaturated/α-hetero) is 1. The first-order valence-corrected chi connectivity index (χ1v) is 8.54. The van der Waals surface area contributed by atoms with Crippen molar-refractivity contribution in [2.75, 3.05) is 7.11 Å². The molecule has 1 aromatic carbocycles. The molecule has 0 unspecified atom stereocenters. The molecule has 3 rings (SSSR count). The Morgan fingerprint density at radius 2 is 1.89 bits per heavy atom. The van der Waals surface area contributed by atoms with E-state index in [1.54, 1.807) is 31.2 Å². The van der Waals surface area contributed by atoms with E-state index < -0.39 is 11.5 Å². The molecule has 0 saturated heterocycles. The van der Waals surface area contributed by atoms with Gasteiger partial charge in [-0.1, -0.05) is 37.3 Å². The van der Waals surface area contributed by atoms with Gasteiger partial charge in [0.05, 0.1) is 19.2 Å². The second-order valence-electron chi connectivity index (χ2n) is 6.19. The highest BCUT2D eigenvalue weighted by Crippen LogP contribution is 2.30. The standard InChI is InChI=1S/C20H20N2O5/c1-4-13-11(2)16-15(18(27-3)17(21-16)20(25)26)19(24)22(13)10-14(23)12-8-6-5-7-9-12/h5-9,21H,4,10H2,1-3H3,(H,25,26). The minimum atomic E-state index is -1.22. The fourth-order valence-electron chi connectivity index (χ4n) is 3.41. The van der Waals surface area contributed by atoms with Gasteiger partial charge in [-0.2, -0.15) is 0 Å². The van der Waals surface area contributed by atoms with Crippen LogP contribution in [0.25, 0.3) is 10.9 Å². The number of rotatable bonds is 6. The van der Waals surface area contributed by atoms with Crippen LogP contribution in [0, 0.1) is 6.92 Å². The second-order valence-corrected chi connectivity index (χ2v) is 6.19. The van der Waals surface area contributed by atoms with Crippen molar-refractivity contribution in [2.24, 2.45) is 0 Å². The number of hydrogen-bond donors (Lipinski definition) is 2. The van der Waals surface area contributed by atoms with E-state index in [1.807, 2.05) is 13.0 Å². The number of aromatic amines is 1. The van der Waals surface area contributed by atoms with Crippen molar-refractivity contribution in [2.45, 2.75) is 26.8 Å². The monoisotopic (exact) mass is 368 g/mol. The quantitative estimate of drug-likeness (QED) is 0.652. The van der Waals surface area contributed by atoms with Gasteiger partial charge < -0.3 is 19.4 Å². The van der Waals surface area contributed by atoms with E-state index >= 15 is 0 Å². The number of carboxylic acid groups (broad SMARTS) is 1. The zero-order valence-corrected chi connectivity index (χ0v) is 15.3. The van der Waals surface area contributed by atoms with Gasteiger partial charge >= 0.3 is 5.97 Å². The molecule has 0 bridgehead atoms. The van der Waals surface area contributed by atoms with Gasteiger partial charge in [0.1, 0.15) is 5.39 Å². The molecule has 0 aliphatic heterocycles. The molecular weight excluding hydrogens is 348 g/mol. The third kappa shape index (κ3) is 3.01.